The van der Waals surface area contributed by atoms with E-state index in [1.54, 1.807) is 0 Å². The lowest BCUT2D eigenvalue weighted by Crippen LogP contribution is -2.17. The van der Waals surface area contributed by atoms with Crippen LogP contribution in [0.2, 0.25) is 0 Å². The second-order valence-electron chi connectivity index (χ2n) is 4.13. The smallest absolute Gasteiger partial charge is 0.236 e. The molecule has 0 unspecified atom stereocenters. The Bertz CT molecular complexity index is 398. The zero-order valence-corrected chi connectivity index (χ0v) is 9.44. The normalized spacial score (nSPS) is 22.3. The van der Waals surface area contributed by atoms with Crippen LogP contribution in [-0.2, 0) is 4.79 Å². The molecule has 2 rings (SSSR count). The molecular formula is C13H16N2O. The van der Waals surface area contributed by atoms with Crippen molar-refractivity contribution in [2.75, 3.05) is 0 Å². The number of rotatable bonds is 2. The zero-order valence-electron chi connectivity index (χ0n) is 9.44. The van der Waals surface area contributed by atoms with Gasteiger partial charge in [-0.2, -0.15) is 5.10 Å². The molecule has 1 aromatic carbocycles. The Labute approximate surface area is 95.6 Å². The highest BCUT2D eigenvalue weighted by Gasteiger charge is 2.24. The quantitative estimate of drug-likeness (QED) is 0.758. The monoisotopic (exact) mass is 216 g/mol. The molecule has 16 heavy (non-hydrogen) atoms. The summed E-state index contributed by atoms with van der Waals surface area (Å²) in [5, 5.41) is 4.20. The Balaban J connectivity index is 2.15. The van der Waals surface area contributed by atoms with Crippen molar-refractivity contribution in [3.63, 3.8) is 0 Å². The summed E-state index contributed by atoms with van der Waals surface area (Å²) in [7, 11) is 0. The van der Waals surface area contributed by atoms with Crippen LogP contribution in [-0.4, -0.2) is 11.6 Å². The minimum Gasteiger partial charge on any atom is -0.274 e. The van der Waals surface area contributed by atoms with Gasteiger partial charge in [-0.3, -0.25) is 4.79 Å². The number of hydrogen-bond donors (Lipinski definition) is 1. The Hall–Kier alpha value is -1.64. The van der Waals surface area contributed by atoms with E-state index in [1.165, 1.54) is 12.5 Å². The summed E-state index contributed by atoms with van der Waals surface area (Å²) < 4.78 is 0. The molecule has 0 bridgehead atoms. The second kappa shape index (κ2) is 4.92. The summed E-state index contributed by atoms with van der Waals surface area (Å²) in [5.74, 6) is 0.277. The van der Waals surface area contributed by atoms with Crippen molar-refractivity contribution >= 4 is 11.6 Å². The van der Waals surface area contributed by atoms with Crippen LogP contribution in [0.3, 0.4) is 0 Å². The summed E-state index contributed by atoms with van der Waals surface area (Å²) in [4.78, 5) is 10.8. The molecule has 1 fully saturated rings. The molecule has 0 aliphatic heterocycles. The van der Waals surface area contributed by atoms with E-state index >= 15 is 0 Å². The number of carbonyl (C=O) groups is 1. The topological polar surface area (TPSA) is 41.5 Å². The lowest BCUT2D eigenvalue weighted by Gasteiger charge is -2.11. The third kappa shape index (κ3) is 2.48. The third-order valence-electron chi connectivity index (χ3n) is 2.89. The van der Waals surface area contributed by atoms with E-state index in [0.717, 1.165) is 25.0 Å². The molecule has 0 aromatic heterocycles. The highest BCUT2D eigenvalue weighted by Crippen LogP contribution is 2.31. The minimum absolute atomic E-state index is 0.105. The molecule has 1 aliphatic rings. The molecule has 84 valence electrons. The predicted octanol–water partition coefficient (Wildman–Crippen LogP) is 2.45. The standard InChI is InChI=1S/C13H16N2O/c1-10(16)14-15-13-9-5-8-12(13)11-6-3-2-4-7-11/h2-4,6-7,12H,5,8-9H2,1H3,(H,14,16)/b15-13+/t12-/m1/s1. The van der Waals surface area contributed by atoms with Crippen LogP contribution in [0.25, 0.3) is 0 Å². The number of carbonyl (C=O) groups excluding carboxylic acids is 1. The van der Waals surface area contributed by atoms with Crippen LogP contribution in [0.15, 0.2) is 35.4 Å². The van der Waals surface area contributed by atoms with Crippen molar-refractivity contribution in [2.24, 2.45) is 5.10 Å². The van der Waals surface area contributed by atoms with Gasteiger partial charge in [-0.25, -0.2) is 5.43 Å². The Morgan fingerprint density at radius 3 is 2.81 bits per heavy atom. The molecule has 1 saturated carbocycles. The summed E-state index contributed by atoms with van der Waals surface area (Å²) in [6.07, 6.45) is 3.26. The molecule has 1 amide bonds. The number of hydrazone groups is 1. The van der Waals surface area contributed by atoms with Crippen molar-refractivity contribution < 1.29 is 4.79 Å². The van der Waals surface area contributed by atoms with Crippen LogP contribution in [0, 0.1) is 0 Å². The lowest BCUT2D eigenvalue weighted by molar-refractivity contribution is -0.118. The van der Waals surface area contributed by atoms with Gasteiger partial charge in [0, 0.05) is 18.6 Å². The van der Waals surface area contributed by atoms with E-state index in [1.807, 2.05) is 18.2 Å². The highest BCUT2D eigenvalue weighted by atomic mass is 16.2. The lowest BCUT2D eigenvalue weighted by atomic mass is 9.96. The van der Waals surface area contributed by atoms with Gasteiger partial charge in [0.15, 0.2) is 0 Å². The van der Waals surface area contributed by atoms with Crippen molar-refractivity contribution in [2.45, 2.75) is 32.1 Å². The minimum atomic E-state index is -0.105. The third-order valence-corrected chi connectivity index (χ3v) is 2.89. The molecular weight excluding hydrogens is 200 g/mol. The molecule has 3 nitrogen and oxygen atoms in total. The maximum Gasteiger partial charge on any atom is 0.236 e. The highest BCUT2D eigenvalue weighted by molar-refractivity contribution is 5.93. The number of nitrogens with zero attached hydrogens (tertiary/aromatic N) is 1. The van der Waals surface area contributed by atoms with Crippen LogP contribution in [0.5, 0.6) is 0 Å². The van der Waals surface area contributed by atoms with E-state index in [2.05, 4.69) is 22.7 Å². The van der Waals surface area contributed by atoms with Crippen molar-refractivity contribution in [3.8, 4) is 0 Å². The fourth-order valence-electron chi connectivity index (χ4n) is 2.16. The fourth-order valence-corrected chi connectivity index (χ4v) is 2.16. The summed E-state index contributed by atoms with van der Waals surface area (Å²) in [5.41, 5.74) is 4.93. The first-order chi connectivity index (χ1) is 7.77. The van der Waals surface area contributed by atoms with Gasteiger partial charge in [-0.05, 0) is 24.8 Å². The molecule has 3 heteroatoms. The maximum atomic E-state index is 10.8. The summed E-state index contributed by atoms with van der Waals surface area (Å²) in [6, 6.07) is 10.4. The van der Waals surface area contributed by atoms with Gasteiger partial charge in [0.1, 0.15) is 0 Å². The van der Waals surface area contributed by atoms with E-state index in [-0.39, 0.29) is 5.91 Å². The Morgan fingerprint density at radius 2 is 2.12 bits per heavy atom. The molecule has 0 saturated heterocycles. The number of amides is 1. The average Bonchev–Trinajstić information content (AvgIpc) is 2.75. The van der Waals surface area contributed by atoms with Crippen LogP contribution >= 0.6 is 0 Å². The Morgan fingerprint density at radius 1 is 1.38 bits per heavy atom. The van der Waals surface area contributed by atoms with Crippen LogP contribution in [0.1, 0.15) is 37.7 Å². The average molecular weight is 216 g/mol. The van der Waals surface area contributed by atoms with Crippen molar-refractivity contribution in [1.29, 1.82) is 0 Å². The van der Waals surface area contributed by atoms with E-state index in [4.69, 9.17) is 0 Å². The first-order valence-electron chi connectivity index (χ1n) is 5.65. The summed E-state index contributed by atoms with van der Waals surface area (Å²) >= 11 is 0. The molecule has 0 spiro atoms. The van der Waals surface area contributed by atoms with Crippen molar-refractivity contribution in [3.05, 3.63) is 35.9 Å². The number of nitrogens with one attached hydrogen (secondary N) is 1. The van der Waals surface area contributed by atoms with E-state index in [9.17, 15) is 4.79 Å². The zero-order chi connectivity index (χ0) is 11.4. The van der Waals surface area contributed by atoms with Crippen molar-refractivity contribution in [1.82, 2.24) is 5.43 Å². The second-order valence-corrected chi connectivity index (χ2v) is 4.13. The summed E-state index contributed by atoms with van der Waals surface area (Å²) in [6.45, 7) is 1.48. The van der Waals surface area contributed by atoms with Crippen LogP contribution < -0.4 is 5.43 Å². The van der Waals surface area contributed by atoms with Crippen LogP contribution in [0.4, 0.5) is 0 Å². The maximum absolute atomic E-state index is 10.8. The largest absolute Gasteiger partial charge is 0.274 e. The van der Waals surface area contributed by atoms with E-state index in [0.29, 0.717) is 5.92 Å². The number of benzene rings is 1. The molecule has 1 aromatic rings. The first-order valence-corrected chi connectivity index (χ1v) is 5.65. The van der Waals surface area contributed by atoms with Gasteiger partial charge in [-0.15, -0.1) is 0 Å². The van der Waals surface area contributed by atoms with Gasteiger partial charge < -0.3 is 0 Å². The Kier molecular flexibility index (Phi) is 3.34. The van der Waals surface area contributed by atoms with Gasteiger partial charge in [0.05, 0.1) is 0 Å². The predicted molar refractivity (Wildman–Crippen MR) is 64.3 cm³/mol. The van der Waals surface area contributed by atoms with Gasteiger partial charge in [0.2, 0.25) is 5.91 Å². The number of hydrogen-bond acceptors (Lipinski definition) is 2. The molecule has 1 N–H and O–H groups in total. The first kappa shape index (κ1) is 10.9. The van der Waals surface area contributed by atoms with Gasteiger partial charge >= 0.3 is 0 Å². The SMILES string of the molecule is CC(=O)N/N=C1\CCC[C@@H]1c1ccccc1. The molecule has 0 radical (unpaired) electrons. The molecule has 1 aliphatic carbocycles. The van der Waals surface area contributed by atoms with E-state index < -0.39 is 0 Å². The fraction of sp³-hybridized carbons (Fsp3) is 0.385. The molecule has 1 atom stereocenters. The van der Waals surface area contributed by atoms with Gasteiger partial charge in [-0.1, -0.05) is 30.3 Å². The molecule has 0 heterocycles. The van der Waals surface area contributed by atoms with Gasteiger partial charge in [0.25, 0.3) is 0 Å².